The lowest BCUT2D eigenvalue weighted by Crippen LogP contribution is -2.76. The standard InChI is InChI=1S/C22H26N2O3S/c1-2-21-24-20(13-27-21)17-5-9-19(10-6-17)28-18-7-3-16(4-8-18)11-12-22(23,14-25)15-26/h3-10,13,25-26H,2,11-12,14-15,23H2,1H3/p+1. The molecule has 0 bridgehead atoms. The number of aryl methyl sites for hydroxylation is 2. The summed E-state index contributed by atoms with van der Waals surface area (Å²) in [7, 11) is 0. The number of hydrogen-bond donors (Lipinski definition) is 3. The zero-order chi connectivity index (χ0) is 20.0. The Labute approximate surface area is 169 Å². The fourth-order valence-corrected chi connectivity index (χ4v) is 3.59. The third-order valence-electron chi connectivity index (χ3n) is 4.78. The Morgan fingerprint density at radius 1 is 1.00 bits per heavy atom. The minimum absolute atomic E-state index is 0.110. The highest BCUT2D eigenvalue weighted by atomic mass is 32.2. The van der Waals surface area contributed by atoms with Crippen LogP contribution in [0.15, 0.2) is 69.0 Å². The van der Waals surface area contributed by atoms with Crippen LogP contribution in [0, 0.1) is 0 Å². The lowest BCUT2D eigenvalue weighted by molar-refractivity contribution is -0.491. The number of aliphatic hydroxyl groups excluding tert-OH is 2. The third kappa shape index (κ3) is 5.23. The molecule has 6 heteroatoms. The van der Waals surface area contributed by atoms with Gasteiger partial charge in [0.05, 0.1) is 0 Å². The SMILES string of the molecule is CCc1nc(-c2ccc(Sc3ccc(CCC([NH3+])(CO)CO)cc3)cc2)co1. The van der Waals surface area contributed by atoms with Gasteiger partial charge >= 0.3 is 0 Å². The number of hydrogen-bond acceptors (Lipinski definition) is 5. The van der Waals surface area contributed by atoms with Gasteiger partial charge in [0, 0.05) is 28.2 Å². The summed E-state index contributed by atoms with van der Waals surface area (Å²) in [5.41, 5.74) is 6.33. The molecule has 0 amide bonds. The maximum atomic E-state index is 9.34. The van der Waals surface area contributed by atoms with Crippen molar-refractivity contribution in [2.45, 2.75) is 41.5 Å². The Kier molecular flexibility index (Phi) is 6.91. The predicted octanol–water partition coefficient (Wildman–Crippen LogP) is 2.95. The van der Waals surface area contributed by atoms with Gasteiger partial charge in [-0.25, -0.2) is 4.98 Å². The van der Waals surface area contributed by atoms with Gasteiger partial charge in [-0.05, 0) is 36.2 Å². The van der Waals surface area contributed by atoms with E-state index in [2.05, 4.69) is 59.2 Å². The molecular weight excluding hydrogens is 372 g/mol. The van der Waals surface area contributed by atoms with Gasteiger partial charge in [0.25, 0.3) is 0 Å². The fourth-order valence-electron chi connectivity index (χ4n) is 2.78. The van der Waals surface area contributed by atoms with E-state index < -0.39 is 5.54 Å². The van der Waals surface area contributed by atoms with Crippen LogP contribution in [-0.2, 0) is 12.8 Å². The van der Waals surface area contributed by atoms with E-state index in [-0.39, 0.29) is 13.2 Å². The second-order valence-corrected chi connectivity index (χ2v) is 8.21. The molecular formula is C22H27N2O3S+. The molecule has 0 aliphatic heterocycles. The van der Waals surface area contributed by atoms with Crippen molar-refractivity contribution in [2.75, 3.05) is 13.2 Å². The number of rotatable bonds is 9. The first-order chi connectivity index (χ1) is 13.5. The summed E-state index contributed by atoms with van der Waals surface area (Å²) < 4.78 is 5.41. The van der Waals surface area contributed by atoms with E-state index in [1.807, 2.05) is 6.92 Å². The molecule has 0 unspecified atom stereocenters. The molecule has 0 saturated heterocycles. The van der Waals surface area contributed by atoms with E-state index in [4.69, 9.17) is 4.42 Å². The maximum absolute atomic E-state index is 9.34. The van der Waals surface area contributed by atoms with Crippen LogP contribution >= 0.6 is 11.8 Å². The Morgan fingerprint density at radius 3 is 2.14 bits per heavy atom. The van der Waals surface area contributed by atoms with Crippen molar-refractivity contribution in [3.63, 3.8) is 0 Å². The van der Waals surface area contributed by atoms with Crippen LogP contribution in [0.2, 0.25) is 0 Å². The van der Waals surface area contributed by atoms with Gasteiger partial charge in [-0.3, -0.25) is 0 Å². The zero-order valence-corrected chi connectivity index (χ0v) is 16.9. The number of oxazole rings is 1. The van der Waals surface area contributed by atoms with Gasteiger partial charge in [-0.2, -0.15) is 0 Å². The van der Waals surface area contributed by atoms with E-state index in [1.54, 1.807) is 18.0 Å². The van der Waals surface area contributed by atoms with Crippen LogP contribution in [0.4, 0.5) is 0 Å². The molecule has 5 N–H and O–H groups in total. The molecule has 0 aliphatic rings. The van der Waals surface area contributed by atoms with Crippen LogP contribution < -0.4 is 5.73 Å². The summed E-state index contributed by atoms with van der Waals surface area (Å²) in [6.45, 7) is 1.80. The second-order valence-electron chi connectivity index (χ2n) is 7.07. The minimum atomic E-state index is -0.670. The van der Waals surface area contributed by atoms with Gasteiger partial charge in [-0.15, -0.1) is 0 Å². The largest absolute Gasteiger partial charge is 0.448 e. The summed E-state index contributed by atoms with van der Waals surface area (Å²) >= 11 is 1.71. The monoisotopic (exact) mass is 399 g/mol. The highest BCUT2D eigenvalue weighted by Gasteiger charge is 2.26. The molecule has 3 rings (SSSR count). The van der Waals surface area contributed by atoms with Crippen molar-refractivity contribution < 1.29 is 20.4 Å². The van der Waals surface area contributed by atoms with Crippen molar-refractivity contribution in [2.24, 2.45) is 0 Å². The first-order valence-corrected chi connectivity index (χ1v) is 10.3. The van der Waals surface area contributed by atoms with E-state index in [0.717, 1.165) is 39.8 Å². The molecule has 1 heterocycles. The average molecular weight is 400 g/mol. The van der Waals surface area contributed by atoms with Crippen molar-refractivity contribution in [3.8, 4) is 11.3 Å². The van der Waals surface area contributed by atoms with Crippen molar-refractivity contribution in [3.05, 3.63) is 66.2 Å². The second kappa shape index (κ2) is 9.39. The van der Waals surface area contributed by atoms with Crippen LogP contribution in [0.25, 0.3) is 11.3 Å². The van der Waals surface area contributed by atoms with Crippen molar-refractivity contribution in [1.82, 2.24) is 4.98 Å². The van der Waals surface area contributed by atoms with E-state index in [1.165, 1.54) is 5.56 Å². The Bertz CT molecular complexity index is 872. The number of quaternary nitrogens is 1. The van der Waals surface area contributed by atoms with Crippen LogP contribution in [0.3, 0.4) is 0 Å². The Balaban J connectivity index is 1.59. The molecule has 5 nitrogen and oxygen atoms in total. The number of aromatic nitrogens is 1. The summed E-state index contributed by atoms with van der Waals surface area (Å²) in [6.07, 6.45) is 3.92. The molecule has 148 valence electrons. The van der Waals surface area contributed by atoms with Gasteiger partial charge in [0.15, 0.2) is 5.89 Å². The van der Waals surface area contributed by atoms with E-state index in [0.29, 0.717) is 6.42 Å². The van der Waals surface area contributed by atoms with Crippen LogP contribution in [0.5, 0.6) is 0 Å². The van der Waals surface area contributed by atoms with Crippen molar-refractivity contribution >= 4 is 11.8 Å². The molecule has 0 spiro atoms. The maximum Gasteiger partial charge on any atom is 0.194 e. The van der Waals surface area contributed by atoms with Gasteiger partial charge in [0.2, 0.25) is 0 Å². The molecule has 0 aliphatic carbocycles. The Morgan fingerprint density at radius 2 is 1.61 bits per heavy atom. The van der Waals surface area contributed by atoms with Crippen molar-refractivity contribution in [1.29, 1.82) is 0 Å². The molecule has 2 aromatic carbocycles. The number of nitrogens with zero attached hydrogens (tertiary/aromatic N) is 1. The minimum Gasteiger partial charge on any atom is -0.448 e. The normalized spacial score (nSPS) is 11.7. The quantitative estimate of drug-likeness (QED) is 0.514. The molecule has 0 atom stereocenters. The summed E-state index contributed by atoms with van der Waals surface area (Å²) in [6, 6.07) is 16.7. The lowest BCUT2D eigenvalue weighted by Gasteiger charge is -2.20. The first-order valence-electron chi connectivity index (χ1n) is 9.44. The average Bonchev–Trinajstić information content (AvgIpc) is 3.23. The van der Waals surface area contributed by atoms with Crippen LogP contribution in [0.1, 0.15) is 24.8 Å². The first kappa shape index (κ1) is 20.6. The highest BCUT2D eigenvalue weighted by Crippen LogP contribution is 2.30. The molecule has 1 aromatic heterocycles. The number of aliphatic hydroxyl groups is 2. The van der Waals surface area contributed by atoms with Gasteiger partial charge < -0.3 is 20.4 Å². The molecule has 3 aromatic rings. The van der Waals surface area contributed by atoms with Gasteiger partial charge in [0.1, 0.15) is 30.7 Å². The smallest absolute Gasteiger partial charge is 0.194 e. The number of benzene rings is 2. The van der Waals surface area contributed by atoms with E-state index in [9.17, 15) is 10.2 Å². The predicted molar refractivity (Wildman–Crippen MR) is 110 cm³/mol. The molecule has 0 fully saturated rings. The Hall–Kier alpha value is -2.12. The zero-order valence-electron chi connectivity index (χ0n) is 16.1. The van der Waals surface area contributed by atoms with E-state index >= 15 is 0 Å². The molecule has 0 saturated carbocycles. The highest BCUT2D eigenvalue weighted by molar-refractivity contribution is 7.99. The molecule has 28 heavy (non-hydrogen) atoms. The van der Waals surface area contributed by atoms with Crippen LogP contribution in [-0.4, -0.2) is 33.9 Å². The summed E-state index contributed by atoms with van der Waals surface area (Å²) in [5.74, 6) is 0.752. The lowest BCUT2D eigenvalue weighted by atomic mass is 9.94. The van der Waals surface area contributed by atoms with Gasteiger partial charge in [-0.1, -0.05) is 43.0 Å². The topological polar surface area (TPSA) is 94.1 Å². The third-order valence-corrected chi connectivity index (χ3v) is 5.79. The molecule has 0 radical (unpaired) electrons. The summed E-state index contributed by atoms with van der Waals surface area (Å²) in [5, 5.41) is 18.7. The fraction of sp³-hybridized carbons (Fsp3) is 0.318. The summed E-state index contributed by atoms with van der Waals surface area (Å²) in [4.78, 5) is 6.78.